The molecule has 0 aliphatic heterocycles. The standard InChI is InChI=1S/C16H14Cl3N3O3S/c1-24-13-6-12(14(25-2)5-10(13)18)21-16(26)22-20-7-8-3-9(17)4-11(19)15(8)23/h3-7,23H,1-2H3,(H2,21,22,26)/b20-7+. The van der Waals surface area contributed by atoms with Gasteiger partial charge in [-0.2, -0.15) is 5.10 Å². The van der Waals surface area contributed by atoms with Gasteiger partial charge in [-0.15, -0.1) is 0 Å². The van der Waals surface area contributed by atoms with Crippen molar-refractivity contribution in [2.24, 2.45) is 5.10 Å². The summed E-state index contributed by atoms with van der Waals surface area (Å²) in [5, 5.41) is 17.8. The number of benzene rings is 2. The molecule has 0 spiro atoms. The molecule has 0 atom stereocenters. The van der Waals surface area contributed by atoms with Crippen LogP contribution in [-0.4, -0.2) is 30.7 Å². The zero-order chi connectivity index (χ0) is 19.3. The molecule has 0 heterocycles. The molecule has 0 unspecified atom stereocenters. The van der Waals surface area contributed by atoms with Gasteiger partial charge in [0.1, 0.15) is 17.2 Å². The molecule has 0 saturated carbocycles. The molecule has 26 heavy (non-hydrogen) atoms. The van der Waals surface area contributed by atoms with E-state index >= 15 is 0 Å². The highest BCUT2D eigenvalue weighted by Gasteiger charge is 2.11. The number of nitrogens with zero attached hydrogens (tertiary/aromatic N) is 1. The summed E-state index contributed by atoms with van der Waals surface area (Å²) in [6.07, 6.45) is 1.33. The van der Waals surface area contributed by atoms with Gasteiger partial charge < -0.3 is 19.9 Å². The number of halogens is 3. The van der Waals surface area contributed by atoms with Crippen LogP contribution in [0.5, 0.6) is 17.2 Å². The summed E-state index contributed by atoms with van der Waals surface area (Å²) in [5.74, 6) is 0.799. The minimum atomic E-state index is -0.135. The van der Waals surface area contributed by atoms with Crippen molar-refractivity contribution in [2.45, 2.75) is 0 Å². The SMILES string of the molecule is COc1cc(NC(=S)N/N=C/c2cc(Cl)cc(Cl)c2O)c(OC)cc1Cl. The van der Waals surface area contributed by atoms with E-state index in [-0.39, 0.29) is 15.9 Å². The van der Waals surface area contributed by atoms with Gasteiger partial charge in [0.15, 0.2) is 5.11 Å². The smallest absolute Gasteiger partial charge is 0.191 e. The highest BCUT2D eigenvalue weighted by molar-refractivity contribution is 7.80. The number of phenolic OH excluding ortho intramolecular Hbond substituents is 1. The molecule has 0 radical (unpaired) electrons. The highest BCUT2D eigenvalue weighted by atomic mass is 35.5. The van der Waals surface area contributed by atoms with Crippen molar-refractivity contribution >= 4 is 64.0 Å². The van der Waals surface area contributed by atoms with Crippen molar-refractivity contribution in [3.8, 4) is 17.2 Å². The topological polar surface area (TPSA) is 75.1 Å². The van der Waals surface area contributed by atoms with Gasteiger partial charge in [0.2, 0.25) is 0 Å². The lowest BCUT2D eigenvalue weighted by molar-refractivity contribution is 0.405. The average molecular weight is 435 g/mol. The van der Waals surface area contributed by atoms with Gasteiger partial charge in [-0.05, 0) is 24.4 Å². The first-order chi connectivity index (χ1) is 12.3. The Morgan fingerprint density at radius 1 is 1.08 bits per heavy atom. The predicted molar refractivity (Wildman–Crippen MR) is 110 cm³/mol. The number of ether oxygens (including phenoxy) is 2. The van der Waals surface area contributed by atoms with Crippen LogP contribution in [0.15, 0.2) is 29.4 Å². The predicted octanol–water partition coefficient (Wildman–Crippen LogP) is 4.69. The number of hydrazone groups is 1. The molecule has 10 heteroatoms. The molecule has 0 aliphatic rings. The lowest BCUT2D eigenvalue weighted by Gasteiger charge is -2.14. The molecule has 2 rings (SSSR count). The number of aromatic hydroxyl groups is 1. The first-order valence-electron chi connectivity index (χ1n) is 7.05. The van der Waals surface area contributed by atoms with Crippen LogP contribution in [0.25, 0.3) is 0 Å². The maximum absolute atomic E-state index is 9.87. The van der Waals surface area contributed by atoms with Crippen LogP contribution < -0.4 is 20.2 Å². The van der Waals surface area contributed by atoms with Crippen molar-refractivity contribution < 1.29 is 14.6 Å². The molecule has 138 valence electrons. The van der Waals surface area contributed by atoms with Gasteiger partial charge in [0, 0.05) is 22.7 Å². The number of rotatable bonds is 5. The van der Waals surface area contributed by atoms with Gasteiger partial charge in [0.05, 0.1) is 36.2 Å². The van der Waals surface area contributed by atoms with Crippen LogP contribution in [0.1, 0.15) is 5.56 Å². The zero-order valence-electron chi connectivity index (χ0n) is 13.6. The minimum Gasteiger partial charge on any atom is -0.506 e. The quantitative estimate of drug-likeness (QED) is 0.360. The fourth-order valence-corrected chi connectivity index (χ4v) is 2.86. The summed E-state index contributed by atoms with van der Waals surface area (Å²) in [6.45, 7) is 0. The Morgan fingerprint density at radius 3 is 2.42 bits per heavy atom. The molecule has 0 fully saturated rings. The summed E-state index contributed by atoms with van der Waals surface area (Å²) < 4.78 is 10.4. The van der Waals surface area contributed by atoms with Crippen LogP contribution in [0.2, 0.25) is 15.1 Å². The average Bonchev–Trinajstić information content (AvgIpc) is 2.60. The van der Waals surface area contributed by atoms with Crippen molar-refractivity contribution in [3.63, 3.8) is 0 Å². The number of nitrogens with one attached hydrogen (secondary N) is 2. The van der Waals surface area contributed by atoms with E-state index < -0.39 is 0 Å². The number of phenols is 1. The molecule has 0 saturated heterocycles. The molecule has 0 aromatic heterocycles. The second-order valence-electron chi connectivity index (χ2n) is 4.84. The molecular formula is C16H14Cl3N3O3S. The Balaban J connectivity index is 2.10. The minimum absolute atomic E-state index is 0.123. The second kappa shape index (κ2) is 9.14. The Bertz CT molecular complexity index is 862. The van der Waals surface area contributed by atoms with E-state index in [0.717, 1.165) is 0 Å². The van der Waals surface area contributed by atoms with Gasteiger partial charge in [-0.25, -0.2) is 0 Å². The first-order valence-corrected chi connectivity index (χ1v) is 8.59. The van der Waals surface area contributed by atoms with Crippen LogP contribution in [0, 0.1) is 0 Å². The fourth-order valence-electron chi connectivity index (χ4n) is 1.95. The normalized spacial score (nSPS) is 10.7. The van der Waals surface area contributed by atoms with Crippen molar-refractivity contribution in [2.75, 3.05) is 19.5 Å². The van der Waals surface area contributed by atoms with E-state index in [4.69, 9.17) is 56.5 Å². The first kappa shape index (κ1) is 20.4. The summed E-state index contributed by atoms with van der Waals surface area (Å²) in [5.41, 5.74) is 3.49. The van der Waals surface area contributed by atoms with E-state index in [1.807, 2.05) is 0 Å². The van der Waals surface area contributed by atoms with Crippen LogP contribution in [0.4, 0.5) is 5.69 Å². The summed E-state index contributed by atoms with van der Waals surface area (Å²) in [7, 11) is 3.00. The van der Waals surface area contributed by atoms with E-state index in [1.165, 1.54) is 32.6 Å². The van der Waals surface area contributed by atoms with Gasteiger partial charge in [-0.1, -0.05) is 34.8 Å². The Kier molecular flexibility index (Phi) is 7.16. The Labute approximate surface area is 170 Å². The van der Waals surface area contributed by atoms with Crippen molar-refractivity contribution in [1.29, 1.82) is 0 Å². The van der Waals surface area contributed by atoms with Crippen LogP contribution >= 0.6 is 47.0 Å². The summed E-state index contributed by atoms with van der Waals surface area (Å²) in [6, 6.07) is 6.18. The summed E-state index contributed by atoms with van der Waals surface area (Å²) >= 11 is 23.0. The Morgan fingerprint density at radius 2 is 1.77 bits per heavy atom. The molecule has 0 aliphatic carbocycles. The lowest BCUT2D eigenvalue weighted by Crippen LogP contribution is -2.24. The van der Waals surface area contributed by atoms with Gasteiger partial charge in [-0.3, -0.25) is 5.43 Å². The molecule has 2 aromatic rings. The van der Waals surface area contributed by atoms with E-state index in [9.17, 15) is 5.11 Å². The lowest BCUT2D eigenvalue weighted by atomic mass is 10.2. The van der Waals surface area contributed by atoms with Crippen molar-refractivity contribution in [1.82, 2.24) is 5.43 Å². The molecule has 6 nitrogen and oxygen atoms in total. The maximum atomic E-state index is 9.87. The van der Waals surface area contributed by atoms with Gasteiger partial charge in [0.25, 0.3) is 0 Å². The molecule has 0 bridgehead atoms. The summed E-state index contributed by atoms with van der Waals surface area (Å²) in [4.78, 5) is 0. The van der Waals surface area contributed by atoms with Gasteiger partial charge >= 0.3 is 0 Å². The largest absolute Gasteiger partial charge is 0.506 e. The Hall–Kier alpha value is -1.93. The third kappa shape index (κ3) is 5.04. The highest BCUT2D eigenvalue weighted by Crippen LogP contribution is 2.35. The number of thiocarbonyl (C=S) groups is 1. The zero-order valence-corrected chi connectivity index (χ0v) is 16.7. The van der Waals surface area contributed by atoms with E-state index in [0.29, 0.717) is 32.8 Å². The number of hydrogen-bond acceptors (Lipinski definition) is 5. The monoisotopic (exact) mass is 433 g/mol. The van der Waals surface area contributed by atoms with E-state index in [1.54, 1.807) is 12.1 Å². The number of hydrogen-bond donors (Lipinski definition) is 3. The third-order valence-corrected chi connectivity index (χ3v) is 4.14. The third-order valence-electron chi connectivity index (χ3n) is 3.15. The second-order valence-corrected chi connectivity index (χ2v) is 6.50. The van der Waals surface area contributed by atoms with Crippen LogP contribution in [0.3, 0.4) is 0 Å². The van der Waals surface area contributed by atoms with Crippen molar-refractivity contribution in [3.05, 3.63) is 44.9 Å². The van der Waals surface area contributed by atoms with E-state index in [2.05, 4.69) is 15.8 Å². The maximum Gasteiger partial charge on any atom is 0.191 e. The number of methoxy groups -OCH3 is 2. The molecular weight excluding hydrogens is 421 g/mol. The molecule has 0 amide bonds. The van der Waals surface area contributed by atoms with Crippen LogP contribution in [-0.2, 0) is 0 Å². The molecule has 3 N–H and O–H groups in total. The molecule has 2 aromatic carbocycles. The number of anilines is 1. The fraction of sp³-hybridized carbons (Fsp3) is 0.125.